The number of hydrogen-bond donors (Lipinski definition) is 1. The van der Waals surface area contributed by atoms with Crippen LogP contribution in [-0.2, 0) is 11.2 Å². The maximum absolute atomic E-state index is 12.3. The molecule has 2 aromatic heterocycles. The molecule has 0 radical (unpaired) electrons. The van der Waals surface area contributed by atoms with Crippen LogP contribution in [0.3, 0.4) is 0 Å². The number of anilines is 1. The minimum atomic E-state index is -0.00469. The smallest absolute Gasteiger partial charge is 0.224 e. The van der Waals surface area contributed by atoms with Crippen molar-refractivity contribution in [2.75, 3.05) is 11.9 Å². The van der Waals surface area contributed by atoms with E-state index >= 15 is 0 Å². The molecule has 0 aliphatic heterocycles. The lowest BCUT2D eigenvalue weighted by molar-refractivity contribution is -0.116. The molecule has 1 amide bonds. The average Bonchev–Trinajstić information content (AvgIpc) is 2.97. The summed E-state index contributed by atoms with van der Waals surface area (Å²) < 4.78 is 7.68. The molecule has 0 aliphatic rings. The third-order valence-corrected chi connectivity index (χ3v) is 4.32. The summed E-state index contributed by atoms with van der Waals surface area (Å²) in [6.45, 7) is 4.84. The number of fused-ring (bicyclic) bond motifs is 1. The second kappa shape index (κ2) is 8.52. The van der Waals surface area contributed by atoms with Crippen molar-refractivity contribution in [2.24, 2.45) is 0 Å². The lowest BCUT2D eigenvalue weighted by Crippen LogP contribution is -2.13. The topological polar surface area (TPSA) is 55.6 Å². The molecule has 26 heavy (non-hydrogen) atoms. The predicted molar refractivity (Wildman–Crippen MR) is 104 cm³/mol. The van der Waals surface area contributed by atoms with Gasteiger partial charge < -0.3 is 14.5 Å². The first-order valence-electron chi connectivity index (χ1n) is 9.12. The highest BCUT2D eigenvalue weighted by atomic mass is 16.5. The number of hydrogen-bond acceptors (Lipinski definition) is 3. The number of carbonyl (C=O) groups is 1. The van der Waals surface area contributed by atoms with Gasteiger partial charge in [-0.3, -0.25) is 4.79 Å². The highest BCUT2D eigenvalue weighted by molar-refractivity contribution is 5.90. The molecule has 0 spiro atoms. The van der Waals surface area contributed by atoms with Gasteiger partial charge in [0.1, 0.15) is 11.4 Å². The molecule has 136 valence electrons. The molecule has 0 fully saturated rings. The monoisotopic (exact) mass is 351 g/mol. The number of ether oxygens (including phenoxy) is 1. The Labute approximate surface area is 154 Å². The molecule has 0 saturated carbocycles. The van der Waals surface area contributed by atoms with Crippen molar-refractivity contribution in [1.29, 1.82) is 0 Å². The lowest BCUT2D eigenvalue weighted by atomic mass is 10.2. The number of imidazole rings is 1. The summed E-state index contributed by atoms with van der Waals surface area (Å²) in [5, 5.41) is 2.94. The number of unbranched alkanes of at least 4 members (excludes halogenated alkanes) is 1. The Bertz CT molecular complexity index is 869. The fraction of sp³-hybridized carbons (Fsp3) is 0.333. The normalized spacial score (nSPS) is 10.8. The molecule has 0 unspecified atom stereocenters. The van der Waals surface area contributed by atoms with Crippen LogP contribution in [0.1, 0.15) is 37.6 Å². The van der Waals surface area contributed by atoms with Crippen molar-refractivity contribution >= 4 is 17.2 Å². The number of benzene rings is 1. The largest absolute Gasteiger partial charge is 0.494 e. The van der Waals surface area contributed by atoms with E-state index in [-0.39, 0.29) is 5.91 Å². The van der Waals surface area contributed by atoms with E-state index in [0.717, 1.165) is 47.9 Å². The molecule has 0 bridgehead atoms. The van der Waals surface area contributed by atoms with Crippen LogP contribution < -0.4 is 10.1 Å². The maximum atomic E-state index is 12.3. The van der Waals surface area contributed by atoms with Crippen molar-refractivity contribution in [3.8, 4) is 5.75 Å². The molecule has 0 atom stereocenters. The summed E-state index contributed by atoms with van der Waals surface area (Å²) >= 11 is 0. The van der Waals surface area contributed by atoms with Gasteiger partial charge in [-0.2, -0.15) is 0 Å². The Kier molecular flexibility index (Phi) is 5.89. The first-order chi connectivity index (χ1) is 12.7. The van der Waals surface area contributed by atoms with Gasteiger partial charge in [0.05, 0.1) is 12.3 Å². The van der Waals surface area contributed by atoms with Crippen molar-refractivity contribution in [2.45, 2.75) is 39.5 Å². The second-order valence-electron chi connectivity index (χ2n) is 6.35. The van der Waals surface area contributed by atoms with E-state index < -0.39 is 0 Å². The van der Waals surface area contributed by atoms with Crippen molar-refractivity contribution in [3.63, 3.8) is 0 Å². The van der Waals surface area contributed by atoms with Gasteiger partial charge in [-0.15, -0.1) is 0 Å². The summed E-state index contributed by atoms with van der Waals surface area (Å²) in [7, 11) is 0. The lowest BCUT2D eigenvalue weighted by Gasteiger charge is -2.08. The molecular weight excluding hydrogens is 326 g/mol. The molecule has 3 aromatic rings. The number of rotatable bonds is 8. The quantitative estimate of drug-likeness (QED) is 0.612. The number of carbonyl (C=O) groups excluding carboxylic acids is 1. The average molecular weight is 351 g/mol. The summed E-state index contributed by atoms with van der Waals surface area (Å²) in [5.41, 5.74) is 3.75. The van der Waals surface area contributed by atoms with Crippen LogP contribution in [0.4, 0.5) is 5.69 Å². The molecule has 3 rings (SSSR count). The van der Waals surface area contributed by atoms with Gasteiger partial charge in [-0.05, 0) is 56.2 Å². The second-order valence-corrected chi connectivity index (χ2v) is 6.35. The molecular formula is C21H25N3O2. The highest BCUT2D eigenvalue weighted by Crippen LogP contribution is 2.17. The van der Waals surface area contributed by atoms with Gasteiger partial charge in [-0.1, -0.05) is 19.4 Å². The Balaban J connectivity index is 1.54. The minimum absolute atomic E-state index is 0.00469. The maximum Gasteiger partial charge on any atom is 0.224 e. The van der Waals surface area contributed by atoms with Gasteiger partial charge in [0.2, 0.25) is 5.91 Å². The number of aromatic nitrogens is 2. The fourth-order valence-corrected chi connectivity index (χ4v) is 2.89. The van der Waals surface area contributed by atoms with Crippen LogP contribution in [0.5, 0.6) is 5.75 Å². The summed E-state index contributed by atoms with van der Waals surface area (Å²) in [4.78, 5) is 16.8. The van der Waals surface area contributed by atoms with Gasteiger partial charge >= 0.3 is 0 Å². The van der Waals surface area contributed by atoms with E-state index in [9.17, 15) is 4.79 Å². The number of nitrogens with one attached hydrogen (secondary N) is 1. The van der Waals surface area contributed by atoms with Crippen LogP contribution in [0.2, 0.25) is 0 Å². The van der Waals surface area contributed by atoms with E-state index in [1.165, 1.54) is 0 Å². The molecule has 1 N–H and O–H groups in total. The van der Waals surface area contributed by atoms with Crippen molar-refractivity contribution in [3.05, 3.63) is 60.0 Å². The van der Waals surface area contributed by atoms with Crippen LogP contribution in [0.15, 0.2) is 48.7 Å². The van der Waals surface area contributed by atoms with Crippen LogP contribution >= 0.6 is 0 Å². The van der Waals surface area contributed by atoms with Gasteiger partial charge in [0, 0.05) is 24.0 Å². The van der Waals surface area contributed by atoms with E-state index in [2.05, 4.69) is 17.2 Å². The van der Waals surface area contributed by atoms with Crippen molar-refractivity contribution < 1.29 is 9.53 Å². The Morgan fingerprint density at radius 3 is 2.77 bits per heavy atom. The standard InChI is InChI=1S/C21H25N3O2/c1-3-4-15-26-18-10-8-17(9-11-18)23-21(25)13-12-19-16(2)22-20-7-5-6-14-24(19)20/h5-11,14H,3-4,12-13,15H2,1-2H3,(H,23,25). The SMILES string of the molecule is CCCCOc1ccc(NC(=O)CCc2c(C)nc3ccccn23)cc1. The van der Waals surface area contributed by atoms with E-state index in [0.29, 0.717) is 12.8 Å². The number of amides is 1. The van der Waals surface area contributed by atoms with Crippen LogP contribution in [0, 0.1) is 6.92 Å². The van der Waals surface area contributed by atoms with E-state index in [1.807, 2.05) is 60.0 Å². The van der Waals surface area contributed by atoms with Crippen LogP contribution in [-0.4, -0.2) is 21.9 Å². The van der Waals surface area contributed by atoms with Gasteiger partial charge in [0.25, 0.3) is 0 Å². The zero-order valence-corrected chi connectivity index (χ0v) is 15.4. The Morgan fingerprint density at radius 2 is 2.00 bits per heavy atom. The van der Waals surface area contributed by atoms with Crippen molar-refractivity contribution in [1.82, 2.24) is 9.38 Å². The molecule has 0 aliphatic carbocycles. The van der Waals surface area contributed by atoms with E-state index in [1.54, 1.807) is 0 Å². The van der Waals surface area contributed by atoms with Gasteiger partial charge in [-0.25, -0.2) is 4.98 Å². The minimum Gasteiger partial charge on any atom is -0.494 e. The molecule has 2 heterocycles. The zero-order chi connectivity index (χ0) is 18.4. The molecule has 1 aromatic carbocycles. The molecule has 5 heteroatoms. The fourth-order valence-electron chi connectivity index (χ4n) is 2.89. The number of aryl methyl sites for hydroxylation is 2. The zero-order valence-electron chi connectivity index (χ0n) is 15.4. The first-order valence-corrected chi connectivity index (χ1v) is 9.12. The number of nitrogens with zero attached hydrogens (tertiary/aromatic N) is 2. The van der Waals surface area contributed by atoms with Gasteiger partial charge in [0.15, 0.2) is 0 Å². The summed E-state index contributed by atoms with van der Waals surface area (Å²) in [5.74, 6) is 0.827. The molecule has 0 saturated heterocycles. The van der Waals surface area contributed by atoms with Crippen LogP contribution in [0.25, 0.3) is 5.65 Å². The third kappa shape index (κ3) is 4.42. The number of pyridine rings is 1. The first kappa shape index (κ1) is 18.0. The summed E-state index contributed by atoms with van der Waals surface area (Å²) in [6.07, 6.45) is 5.21. The summed E-state index contributed by atoms with van der Waals surface area (Å²) in [6, 6.07) is 13.4. The molecule has 5 nitrogen and oxygen atoms in total. The highest BCUT2D eigenvalue weighted by Gasteiger charge is 2.10. The predicted octanol–water partition coefficient (Wildman–Crippen LogP) is 4.39. The third-order valence-electron chi connectivity index (χ3n) is 4.32. The Morgan fingerprint density at radius 1 is 1.19 bits per heavy atom. The Hall–Kier alpha value is -2.82. The van der Waals surface area contributed by atoms with E-state index in [4.69, 9.17) is 4.74 Å².